The Morgan fingerprint density at radius 3 is 2.45 bits per heavy atom. The molecule has 1 N–H and O–H groups in total. The van der Waals surface area contributed by atoms with Crippen LogP contribution in [0.5, 0.6) is 11.5 Å². The van der Waals surface area contributed by atoms with Crippen molar-refractivity contribution in [2.24, 2.45) is 5.10 Å². The number of hydrogen-bond donors (Lipinski definition) is 1. The third-order valence-electron chi connectivity index (χ3n) is 4.92. The van der Waals surface area contributed by atoms with Crippen LogP contribution in [-0.2, 0) is 6.61 Å². The number of rotatable bonds is 9. The Kier molecular flexibility index (Phi) is 7.18. The summed E-state index contributed by atoms with van der Waals surface area (Å²) in [7, 11) is 0. The van der Waals surface area contributed by atoms with Gasteiger partial charge in [0.1, 0.15) is 6.61 Å². The monoisotopic (exact) mass is 439 g/mol. The Hall–Kier alpha value is -4.32. The molecule has 0 radical (unpaired) electrons. The highest BCUT2D eigenvalue weighted by atomic mass is 16.5. The van der Waals surface area contributed by atoms with E-state index in [-0.39, 0.29) is 5.91 Å². The van der Waals surface area contributed by atoms with Crippen molar-refractivity contribution in [2.75, 3.05) is 6.61 Å². The van der Waals surface area contributed by atoms with Gasteiger partial charge >= 0.3 is 0 Å². The van der Waals surface area contributed by atoms with E-state index in [1.165, 1.54) is 0 Å². The van der Waals surface area contributed by atoms with Gasteiger partial charge in [-0.05, 0) is 60.5 Å². The maximum atomic E-state index is 12.7. The van der Waals surface area contributed by atoms with Crippen molar-refractivity contribution in [3.05, 3.63) is 114 Å². The first-order valence-electron chi connectivity index (χ1n) is 10.7. The number of aromatic nitrogens is 1. The van der Waals surface area contributed by atoms with Gasteiger partial charge in [-0.3, -0.25) is 4.79 Å². The van der Waals surface area contributed by atoms with Crippen LogP contribution in [0.3, 0.4) is 0 Å². The van der Waals surface area contributed by atoms with E-state index >= 15 is 0 Å². The van der Waals surface area contributed by atoms with Crippen molar-refractivity contribution in [1.82, 2.24) is 9.99 Å². The van der Waals surface area contributed by atoms with Gasteiger partial charge in [0.05, 0.1) is 24.1 Å². The molecule has 0 unspecified atom stereocenters. The summed E-state index contributed by atoms with van der Waals surface area (Å²) in [6.45, 7) is 2.88. The van der Waals surface area contributed by atoms with Crippen molar-refractivity contribution in [2.45, 2.75) is 13.5 Å². The van der Waals surface area contributed by atoms with Crippen molar-refractivity contribution >= 4 is 12.1 Å². The highest BCUT2D eigenvalue weighted by Gasteiger charge is 2.11. The summed E-state index contributed by atoms with van der Waals surface area (Å²) in [6, 6.07) is 26.7. The number of nitrogens with zero attached hydrogens (tertiary/aromatic N) is 2. The molecule has 1 heterocycles. The molecule has 0 aliphatic rings. The van der Waals surface area contributed by atoms with Gasteiger partial charge in [-0.25, -0.2) is 5.43 Å². The molecule has 4 aromatic rings. The summed E-state index contributed by atoms with van der Waals surface area (Å²) in [5, 5.41) is 4.13. The fourth-order valence-electron chi connectivity index (χ4n) is 3.34. The number of carbonyl (C=O) groups is 1. The van der Waals surface area contributed by atoms with Crippen LogP contribution < -0.4 is 14.9 Å². The SMILES string of the molecule is CCOc1cc(/C=N\NC(=O)c2ccccc2-n2cccc2)ccc1OCc1ccccc1. The van der Waals surface area contributed by atoms with Crippen LogP contribution >= 0.6 is 0 Å². The van der Waals surface area contributed by atoms with E-state index in [0.717, 1.165) is 16.8 Å². The molecule has 1 aromatic heterocycles. The second kappa shape index (κ2) is 10.8. The molecule has 4 rings (SSSR count). The average molecular weight is 440 g/mol. The van der Waals surface area contributed by atoms with Crippen LogP contribution in [0.15, 0.2) is 102 Å². The predicted octanol–water partition coefficient (Wildman–Crippen LogP) is 5.22. The highest BCUT2D eigenvalue weighted by Crippen LogP contribution is 2.29. The Balaban J connectivity index is 1.44. The highest BCUT2D eigenvalue weighted by molar-refractivity contribution is 5.98. The average Bonchev–Trinajstić information content (AvgIpc) is 3.39. The normalized spacial score (nSPS) is 10.8. The number of hydrogen-bond acceptors (Lipinski definition) is 4. The lowest BCUT2D eigenvalue weighted by Crippen LogP contribution is -2.19. The molecule has 0 fully saturated rings. The summed E-state index contributed by atoms with van der Waals surface area (Å²) in [5.41, 5.74) is 5.79. The van der Waals surface area contributed by atoms with Crippen LogP contribution in [0.2, 0.25) is 0 Å². The van der Waals surface area contributed by atoms with Gasteiger partial charge in [-0.1, -0.05) is 42.5 Å². The van der Waals surface area contributed by atoms with Crippen LogP contribution in [0.4, 0.5) is 0 Å². The Morgan fingerprint density at radius 2 is 1.67 bits per heavy atom. The minimum Gasteiger partial charge on any atom is -0.490 e. The van der Waals surface area contributed by atoms with Crippen molar-refractivity contribution in [3.8, 4) is 17.2 Å². The zero-order chi connectivity index (χ0) is 22.9. The second-order valence-electron chi connectivity index (χ2n) is 7.22. The quantitative estimate of drug-likeness (QED) is 0.287. The lowest BCUT2D eigenvalue weighted by atomic mass is 10.1. The molecular formula is C27H25N3O3. The first-order valence-corrected chi connectivity index (χ1v) is 10.7. The Morgan fingerprint density at radius 1 is 0.909 bits per heavy atom. The molecule has 0 aliphatic heterocycles. The van der Waals surface area contributed by atoms with E-state index in [1.807, 2.05) is 103 Å². The fourth-order valence-corrected chi connectivity index (χ4v) is 3.34. The van der Waals surface area contributed by atoms with E-state index < -0.39 is 0 Å². The molecular weight excluding hydrogens is 414 g/mol. The molecule has 6 heteroatoms. The summed E-state index contributed by atoms with van der Waals surface area (Å²) in [4.78, 5) is 12.7. The van der Waals surface area contributed by atoms with E-state index in [1.54, 1.807) is 12.3 Å². The molecule has 166 valence electrons. The molecule has 0 saturated heterocycles. The van der Waals surface area contributed by atoms with Gasteiger partial charge in [0.2, 0.25) is 0 Å². The summed E-state index contributed by atoms with van der Waals surface area (Å²) in [5.74, 6) is 0.993. The number of benzene rings is 3. The van der Waals surface area contributed by atoms with Gasteiger partial charge in [-0.2, -0.15) is 5.10 Å². The first kappa shape index (κ1) is 21.9. The molecule has 0 saturated carbocycles. The maximum Gasteiger partial charge on any atom is 0.273 e. The van der Waals surface area contributed by atoms with Crippen molar-refractivity contribution in [1.29, 1.82) is 0 Å². The molecule has 0 bridgehead atoms. The van der Waals surface area contributed by atoms with Crippen molar-refractivity contribution in [3.63, 3.8) is 0 Å². The third-order valence-corrected chi connectivity index (χ3v) is 4.92. The van der Waals surface area contributed by atoms with Gasteiger partial charge in [-0.15, -0.1) is 0 Å². The van der Waals surface area contributed by atoms with Gasteiger partial charge < -0.3 is 14.0 Å². The topological polar surface area (TPSA) is 64.8 Å². The zero-order valence-electron chi connectivity index (χ0n) is 18.3. The van der Waals surface area contributed by atoms with E-state index in [9.17, 15) is 4.79 Å². The van der Waals surface area contributed by atoms with Crippen molar-refractivity contribution < 1.29 is 14.3 Å². The molecule has 1 amide bonds. The summed E-state index contributed by atoms with van der Waals surface area (Å²) < 4.78 is 13.6. The van der Waals surface area contributed by atoms with Gasteiger partial charge in [0.25, 0.3) is 5.91 Å². The predicted molar refractivity (Wildman–Crippen MR) is 129 cm³/mol. The molecule has 33 heavy (non-hydrogen) atoms. The third kappa shape index (κ3) is 5.68. The molecule has 0 spiro atoms. The van der Waals surface area contributed by atoms with Crippen LogP contribution in [0.1, 0.15) is 28.4 Å². The minimum absolute atomic E-state index is 0.289. The lowest BCUT2D eigenvalue weighted by Gasteiger charge is -2.12. The smallest absolute Gasteiger partial charge is 0.273 e. The standard InChI is InChI=1S/C27H25N3O3/c1-2-32-26-18-22(14-15-25(26)33-20-21-10-4-3-5-11-21)19-28-29-27(31)23-12-6-7-13-24(23)30-16-8-9-17-30/h3-19H,2,20H2,1H3,(H,29,31)/b28-19-. The number of amides is 1. The molecule has 6 nitrogen and oxygen atoms in total. The largest absolute Gasteiger partial charge is 0.490 e. The van der Waals surface area contributed by atoms with E-state index in [0.29, 0.717) is 30.3 Å². The van der Waals surface area contributed by atoms with E-state index in [2.05, 4.69) is 10.5 Å². The zero-order valence-corrected chi connectivity index (χ0v) is 18.3. The number of nitrogens with one attached hydrogen (secondary N) is 1. The number of para-hydroxylation sites is 1. The minimum atomic E-state index is -0.289. The van der Waals surface area contributed by atoms with Crippen LogP contribution in [-0.4, -0.2) is 23.3 Å². The molecule has 0 aliphatic carbocycles. The molecule has 0 atom stereocenters. The summed E-state index contributed by atoms with van der Waals surface area (Å²) in [6.07, 6.45) is 5.37. The maximum absolute atomic E-state index is 12.7. The molecule has 3 aromatic carbocycles. The second-order valence-corrected chi connectivity index (χ2v) is 7.22. The number of hydrazone groups is 1. The van der Waals surface area contributed by atoms with E-state index in [4.69, 9.17) is 9.47 Å². The van der Waals surface area contributed by atoms with Crippen LogP contribution in [0, 0.1) is 0 Å². The lowest BCUT2D eigenvalue weighted by molar-refractivity contribution is 0.0955. The Bertz CT molecular complexity index is 1220. The number of carbonyl (C=O) groups excluding carboxylic acids is 1. The fraction of sp³-hybridized carbons (Fsp3) is 0.111. The Labute approximate surface area is 193 Å². The van der Waals surface area contributed by atoms with Crippen LogP contribution in [0.25, 0.3) is 5.69 Å². The van der Waals surface area contributed by atoms with Gasteiger partial charge in [0.15, 0.2) is 11.5 Å². The van der Waals surface area contributed by atoms with Gasteiger partial charge in [0, 0.05) is 12.4 Å². The summed E-state index contributed by atoms with van der Waals surface area (Å²) >= 11 is 0. The first-order chi connectivity index (χ1) is 16.2. The number of ether oxygens (including phenoxy) is 2.